The first-order valence-electron chi connectivity index (χ1n) is 7.25. The molecule has 1 fully saturated rings. The summed E-state index contributed by atoms with van der Waals surface area (Å²) in [5.74, 6) is 0.925. The molecule has 0 atom stereocenters. The van der Waals surface area contributed by atoms with Gasteiger partial charge in [-0.25, -0.2) is 0 Å². The Bertz CT molecular complexity index is 514. The van der Waals surface area contributed by atoms with Gasteiger partial charge in [0.05, 0.1) is 11.0 Å². The molecule has 1 aromatic rings. The Labute approximate surface area is 123 Å². The molecule has 0 saturated heterocycles. The lowest BCUT2D eigenvalue weighted by molar-refractivity contribution is -0.384. The molecule has 0 bridgehead atoms. The van der Waals surface area contributed by atoms with Gasteiger partial charge in [0.15, 0.2) is 6.61 Å². The van der Waals surface area contributed by atoms with Crippen LogP contribution in [0.25, 0.3) is 0 Å². The van der Waals surface area contributed by atoms with Crippen LogP contribution < -0.4 is 4.74 Å². The van der Waals surface area contributed by atoms with Crippen LogP contribution in [0, 0.1) is 16.0 Å². The van der Waals surface area contributed by atoms with E-state index in [4.69, 9.17) is 4.74 Å². The van der Waals surface area contributed by atoms with E-state index >= 15 is 0 Å². The highest BCUT2D eigenvalue weighted by atomic mass is 16.6. The van der Waals surface area contributed by atoms with Crippen molar-refractivity contribution in [3.8, 4) is 5.75 Å². The highest BCUT2D eigenvalue weighted by Gasteiger charge is 2.26. The first-order valence-corrected chi connectivity index (χ1v) is 7.25. The predicted molar refractivity (Wildman–Crippen MR) is 78.2 cm³/mol. The van der Waals surface area contributed by atoms with Crippen molar-refractivity contribution in [1.29, 1.82) is 0 Å². The molecule has 114 valence electrons. The van der Waals surface area contributed by atoms with Gasteiger partial charge in [0.25, 0.3) is 11.6 Å². The van der Waals surface area contributed by atoms with Gasteiger partial charge in [0.2, 0.25) is 0 Å². The van der Waals surface area contributed by atoms with Crippen molar-refractivity contribution in [2.75, 3.05) is 19.7 Å². The van der Waals surface area contributed by atoms with Crippen LogP contribution in [0.15, 0.2) is 24.3 Å². The van der Waals surface area contributed by atoms with Gasteiger partial charge in [0, 0.05) is 19.2 Å². The molecule has 1 saturated carbocycles. The number of carbonyl (C=O) groups is 1. The molecule has 6 heteroatoms. The fraction of sp³-hybridized carbons (Fsp3) is 0.533. The lowest BCUT2D eigenvalue weighted by Crippen LogP contribution is -2.37. The lowest BCUT2D eigenvalue weighted by Gasteiger charge is -2.22. The van der Waals surface area contributed by atoms with Crippen LogP contribution in [0.2, 0.25) is 0 Å². The van der Waals surface area contributed by atoms with Crippen LogP contribution in [-0.4, -0.2) is 35.4 Å². The van der Waals surface area contributed by atoms with E-state index in [1.165, 1.54) is 25.0 Å². The SMILES string of the molecule is CCCN(CC1CC1)C(=O)COc1cccc([N+](=O)[O-])c1. The fourth-order valence-corrected chi connectivity index (χ4v) is 2.12. The number of ether oxygens (including phenoxy) is 1. The number of benzene rings is 1. The number of nitro benzene ring substituents is 1. The first kappa shape index (κ1) is 15.3. The Hall–Kier alpha value is -2.11. The van der Waals surface area contributed by atoms with Crippen LogP contribution in [0.4, 0.5) is 5.69 Å². The summed E-state index contributed by atoms with van der Waals surface area (Å²) in [4.78, 5) is 24.2. The molecule has 0 aromatic heterocycles. The molecule has 1 aliphatic carbocycles. The minimum Gasteiger partial charge on any atom is -0.484 e. The number of hydrogen-bond acceptors (Lipinski definition) is 4. The standard InChI is InChI=1S/C15H20N2O4/c1-2-8-16(10-12-6-7-12)15(18)11-21-14-5-3-4-13(9-14)17(19)20/h3-5,9,12H,2,6-8,10-11H2,1H3. The second-order valence-corrected chi connectivity index (χ2v) is 5.33. The molecule has 0 spiro atoms. The molecule has 21 heavy (non-hydrogen) atoms. The smallest absolute Gasteiger partial charge is 0.273 e. The maximum atomic E-state index is 12.2. The number of nitrogens with zero attached hydrogens (tertiary/aromatic N) is 2. The van der Waals surface area contributed by atoms with E-state index in [-0.39, 0.29) is 18.2 Å². The van der Waals surface area contributed by atoms with Gasteiger partial charge in [-0.05, 0) is 31.2 Å². The summed E-state index contributed by atoms with van der Waals surface area (Å²) in [6, 6.07) is 5.89. The Morgan fingerprint density at radius 1 is 1.48 bits per heavy atom. The predicted octanol–water partition coefficient (Wildman–Crippen LogP) is 2.62. The summed E-state index contributed by atoms with van der Waals surface area (Å²) < 4.78 is 5.39. The average Bonchev–Trinajstić information content (AvgIpc) is 3.28. The van der Waals surface area contributed by atoms with E-state index < -0.39 is 4.92 Å². The topological polar surface area (TPSA) is 72.7 Å². The maximum Gasteiger partial charge on any atom is 0.273 e. The van der Waals surface area contributed by atoms with Gasteiger partial charge < -0.3 is 9.64 Å². The normalized spacial score (nSPS) is 13.8. The summed E-state index contributed by atoms with van der Waals surface area (Å²) in [5.41, 5.74) is -0.0386. The second-order valence-electron chi connectivity index (χ2n) is 5.33. The molecule has 0 aliphatic heterocycles. The molecule has 2 rings (SSSR count). The zero-order valence-corrected chi connectivity index (χ0v) is 12.2. The Balaban J connectivity index is 1.89. The summed E-state index contributed by atoms with van der Waals surface area (Å²) in [6.07, 6.45) is 3.30. The number of hydrogen-bond donors (Lipinski definition) is 0. The molecule has 1 amide bonds. The van der Waals surface area contributed by atoms with E-state index in [1.54, 1.807) is 12.1 Å². The molecular weight excluding hydrogens is 272 g/mol. The number of nitro groups is 1. The summed E-state index contributed by atoms with van der Waals surface area (Å²) >= 11 is 0. The second kappa shape index (κ2) is 7.06. The zero-order chi connectivity index (χ0) is 15.2. The molecule has 1 aliphatic rings. The largest absolute Gasteiger partial charge is 0.484 e. The van der Waals surface area contributed by atoms with Crippen LogP contribution in [0.5, 0.6) is 5.75 Å². The Morgan fingerprint density at radius 3 is 2.86 bits per heavy atom. The van der Waals surface area contributed by atoms with E-state index in [1.807, 2.05) is 11.8 Å². The number of carbonyl (C=O) groups excluding carboxylic acids is 1. The van der Waals surface area contributed by atoms with Gasteiger partial charge in [-0.2, -0.15) is 0 Å². The van der Waals surface area contributed by atoms with Crippen LogP contribution in [0.1, 0.15) is 26.2 Å². The molecule has 0 radical (unpaired) electrons. The summed E-state index contributed by atoms with van der Waals surface area (Å²) in [6.45, 7) is 3.49. The minimum atomic E-state index is -0.481. The van der Waals surface area contributed by atoms with Crippen molar-refractivity contribution >= 4 is 11.6 Å². The number of rotatable bonds is 8. The third-order valence-corrected chi connectivity index (χ3v) is 3.41. The van der Waals surface area contributed by atoms with E-state index in [2.05, 4.69) is 0 Å². The van der Waals surface area contributed by atoms with Gasteiger partial charge in [-0.1, -0.05) is 13.0 Å². The van der Waals surface area contributed by atoms with Crippen LogP contribution >= 0.6 is 0 Å². The Kier molecular flexibility index (Phi) is 5.14. The third kappa shape index (κ3) is 4.73. The van der Waals surface area contributed by atoms with Crippen molar-refractivity contribution in [1.82, 2.24) is 4.90 Å². The average molecular weight is 292 g/mol. The minimum absolute atomic E-state index is 0.0386. The van der Waals surface area contributed by atoms with E-state index in [0.29, 0.717) is 11.7 Å². The molecular formula is C15H20N2O4. The molecule has 1 aromatic carbocycles. The van der Waals surface area contributed by atoms with Gasteiger partial charge in [-0.3, -0.25) is 14.9 Å². The lowest BCUT2D eigenvalue weighted by atomic mass is 10.3. The van der Waals surface area contributed by atoms with Crippen molar-refractivity contribution in [2.24, 2.45) is 5.92 Å². The van der Waals surface area contributed by atoms with E-state index in [0.717, 1.165) is 19.5 Å². The van der Waals surface area contributed by atoms with Gasteiger partial charge in [-0.15, -0.1) is 0 Å². The van der Waals surface area contributed by atoms with Crippen LogP contribution in [-0.2, 0) is 4.79 Å². The summed E-state index contributed by atoms with van der Waals surface area (Å²) in [5, 5.41) is 10.7. The summed E-state index contributed by atoms with van der Waals surface area (Å²) in [7, 11) is 0. The Morgan fingerprint density at radius 2 is 2.24 bits per heavy atom. The number of non-ortho nitro benzene ring substituents is 1. The maximum absolute atomic E-state index is 12.2. The quantitative estimate of drug-likeness (QED) is 0.545. The van der Waals surface area contributed by atoms with Crippen molar-refractivity contribution in [3.05, 3.63) is 34.4 Å². The molecule has 6 nitrogen and oxygen atoms in total. The van der Waals surface area contributed by atoms with Crippen LogP contribution in [0.3, 0.4) is 0 Å². The fourth-order valence-electron chi connectivity index (χ4n) is 2.12. The molecule has 0 heterocycles. The molecule has 0 unspecified atom stereocenters. The van der Waals surface area contributed by atoms with Gasteiger partial charge in [0.1, 0.15) is 5.75 Å². The zero-order valence-electron chi connectivity index (χ0n) is 12.2. The van der Waals surface area contributed by atoms with Crippen molar-refractivity contribution in [3.63, 3.8) is 0 Å². The third-order valence-electron chi connectivity index (χ3n) is 3.41. The van der Waals surface area contributed by atoms with Crippen molar-refractivity contribution in [2.45, 2.75) is 26.2 Å². The highest BCUT2D eigenvalue weighted by Crippen LogP contribution is 2.29. The highest BCUT2D eigenvalue weighted by molar-refractivity contribution is 5.77. The first-order chi connectivity index (χ1) is 10.1. The van der Waals surface area contributed by atoms with Crippen molar-refractivity contribution < 1.29 is 14.5 Å². The number of amides is 1. The van der Waals surface area contributed by atoms with Gasteiger partial charge >= 0.3 is 0 Å². The monoisotopic (exact) mass is 292 g/mol. The van der Waals surface area contributed by atoms with E-state index in [9.17, 15) is 14.9 Å². The molecule has 0 N–H and O–H groups in total.